The van der Waals surface area contributed by atoms with Gasteiger partial charge in [0, 0.05) is 12.0 Å². The molecule has 4 heteroatoms. The molecule has 4 nitrogen and oxygen atoms in total. The predicted molar refractivity (Wildman–Crippen MR) is 107 cm³/mol. The van der Waals surface area contributed by atoms with Crippen molar-refractivity contribution in [2.45, 2.75) is 97.6 Å². The Morgan fingerprint density at radius 3 is 2.23 bits per heavy atom. The Kier molecular flexibility index (Phi) is 12.6. The number of aryl methyl sites for hydroxylation is 2. The van der Waals surface area contributed by atoms with Gasteiger partial charge in [0.25, 0.3) is 0 Å². The van der Waals surface area contributed by atoms with Gasteiger partial charge in [-0.3, -0.25) is 0 Å². The van der Waals surface area contributed by atoms with Crippen LogP contribution in [-0.2, 0) is 22.6 Å². The van der Waals surface area contributed by atoms with Gasteiger partial charge in [0.1, 0.15) is 12.4 Å². The third-order valence-corrected chi connectivity index (χ3v) is 4.66. The largest absolute Gasteiger partial charge is 0.462 e. The van der Waals surface area contributed by atoms with Crippen molar-refractivity contribution in [1.29, 1.82) is 0 Å². The standard InChI is InChI=1S/C22H39N2O2/c1-4-5-6-7-8-9-10-11-12-13-15-23-17-18-24(20-23)16-14-19-26-22(25)21(2)3/h17-18,20H,2,4-16,19H2,1,3H3/q+1. The number of hydrogen-bond acceptors (Lipinski definition) is 2. The maximum absolute atomic E-state index is 11.3. The molecule has 0 spiro atoms. The van der Waals surface area contributed by atoms with E-state index in [2.05, 4.69) is 41.4 Å². The van der Waals surface area contributed by atoms with E-state index in [9.17, 15) is 4.79 Å². The molecule has 0 aromatic carbocycles. The van der Waals surface area contributed by atoms with Gasteiger partial charge in [-0.1, -0.05) is 64.9 Å². The van der Waals surface area contributed by atoms with Crippen LogP contribution < -0.4 is 4.57 Å². The van der Waals surface area contributed by atoms with Crippen molar-refractivity contribution < 1.29 is 14.1 Å². The van der Waals surface area contributed by atoms with Crippen molar-refractivity contribution in [1.82, 2.24) is 4.57 Å². The third-order valence-electron chi connectivity index (χ3n) is 4.66. The molecule has 0 atom stereocenters. The predicted octanol–water partition coefficient (Wildman–Crippen LogP) is 5.21. The number of ether oxygens (including phenoxy) is 1. The minimum atomic E-state index is -0.298. The monoisotopic (exact) mass is 363 g/mol. The smallest absolute Gasteiger partial charge is 0.333 e. The lowest BCUT2D eigenvalue weighted by Crippen LogP contribution is -2.31. The van der Waals surface area contributed by atoms with Crippen LogP contribution in [0.1, 0.15) is 84.5 Å². The average molecular weight is 364 g/mol. The summed E-state index contributed by atoms with van der Waals surface area (Å²) in [7, 11) is 0. The number of unbranched alkanes of at least 4 members (excludes halogenated alkanes) is 9. The molecule has 1 rings (SSSR count). The zero-order chi connectivity index (χ0) is 19.0. The normalized spacial score (nSPS) is 10.8. The third kappa shape index (κ3) is 11.1. The Hall–Kier alpha value is -1.58. The molecule has 26 heavy (non-hydrogen) atoms. The maximum atomic E-state index is 11.3. The summed E-state index contributed by atoms with van der Waals surface area (Å²) in [6.07, 6.45) is 20.9. The molecule has 0 N–H and O–H groups in total. The van der Waals surface area contributed by atoms with E-state index in [1.165, 1.54) is 64.2 Å². The summed E-state index contributed by atoms with van der Waals surface area (Å²) in [5, 5.41) is 0. The van der Waals surface area contributed by atoms with Gasteiger partial charge in [0.05, 0.1) is 19.7 Å². The van der Waals surface area contributed by atoms with Gasteiger partial charge in [-0.2, -0.15) is 0 Å². The summed E-state index contributed by atoms with van der Waals surface area (Å²) in [6, 6.07) is 0. The number of imidazole rings is 1. The number of hydrogen-bond donors (Lipinski definition) is 0. The van der Waals surface area contributed by atoms with Gasteiger partial charge in [-0.05, 0) is 19.8 Å². The van der Waals surface area contributed by atoms with E-state index in [-0.39, 0.29) is 5.97 Å². The summed E-state index contributed by atoms with van der Waals surface area (Å²) in [5.41, 5.74) is 0.459. The second-order valence-electron chi connectivity index (χ2n) is 7.34. The zero-order valence-corrected chi connectivity index (χ0v) is 17.0. The molecule has 0 bridgehead atoms. The minimum absolute atomic E-state index is 0.298. The lowest BCUT2D eigenvalue weighted by molar-refractivity contribution is -0.697. The number of carbonyl (C=O) groups excluding carboxylic acids is 1. The second-order valence-corrected chi connectivity index (χ2v) is 7.34. The molecule has 0 saturated heterocycles. The molecular weight excluding hydrogens is 324 g/mol. The molecule has 1 aromatic heterocycles. The molecule has 148 valence electrons. The highest BCUT2D eigenvalue weighted by Crippen LogP contribution is 2.10. The molecule has 0 aliphatic rings. The summed E-state index contributed by atoms with van der Waals surface area (Å²) >= 11 is 0. The fraction of sp³-hybridized carbons (Fsp3) is 0.727. The first-order chi connectivity index (χ1) is 12.6. The van der Waals surface area contributed by atoms with Crippen LogP contribution in [0.2, 0.25) is 0 Å². The van der Waals surface area contributed by atoms with Gasteiger partial charge in [-0.15, -0.1) is 0 Å². The van der Waals surface area contributed by atoms with Crippen LogP contribution in [0.25, 0.3) is 0 Å². The SMILES string of the molecule is C=C(C)C(=O)OCCC[n+]1ccn(CCCCCCCCCCCC)c1. The molecule has 0 unspecified atom stereocenters. The van der Waals surface area contributed by atoms with E-state index >= 15 is 0 Å². The Morgan fingerprint density at radius 1 is 1.00 bits per heavy atom. The number of rotatable bonds is 16. The van der Waals surface area contributed by atoms with Crippen molar-refractivity contribution in [3.05, 3.63) is 30.9 Å². The summed E-state index contributed by atoms with van der Waals surface area (Å²) in [4.78, 5) is 11.3. The van der Waals surface area contributed by atoms with Gasteiger partial charge in [-0.25, -0.2) is 13.9 Å². The lowest BCUT2D eigenvalue weighted by atomic mass is 10.1. The first-order valence-electron chi connectivity index (χ1n) is 10.5. The molecule has 0 fully saturated rings. The molecule has 0 aliphatic heterocycles. The topological polar surface area (TPSA) is 35.1 Å². The fourth-order valence-electron chi connectivity index (χ4n) is 3.02. The van der Waals surface area contributed by atoms with Crippen LogP contribution in [0.4, 0.5) is 0 Å². The fourth-order valence-corrected chi connectivity index (χ4v) is 3.02. The van der Waals surface area contributed by atoms with E-state index in [1.807, 2.05) is 0 Å². The number of esters is 1. The van der Waals surface area contributed by atoms with Crippen LogP contribution in [0.15, 0.2) is 30.9 Å². The lowest BCUT2D eigenvalue weighted by Gasteiger charge is -2.02. The number of carbonyl (C=O) groups is 1. The van der Waals surface area contributed by atoms with E-state index in [4.69, 9.17) is 4.74 Å². The highest BCUT2D eigenvalue weighted by atomic mass is 16.5. The van der Waals surface area contributed by atoms with Gasteiger partial charge < -0.3 is 4.74 Å². The molecule has 1 heterocycles. The van der Waals surface area contributed by atoms with Crippen LogP contribution in [0, 0.1) is 0 Å². The van der Waals surface area contributed by atoms with E-state index in [1.54, 1.807) is 6.92 Å². The van der Waals surface area contributed by atoms with Crippen molar-refractivity contribution in [2.75, 3.05) is 6.61 Å². The van der Waals surface area contributed by atoms with Crippen LogP contribution in [-0.4, -0.2) is 17.1 Å². The Balaban J connectivity index is 1.99. The van der Waals surface area contributed by atoms with Crippen LogP contribution >= 0.6 is 0 Å². The quantitative estimate of drug-likeness (QED) is 0.175. The molecule has 0 radical (unpaired) electrons. The molecule has 0 aliphatic carbocycles. The van der Waals surface area contributed by atoms with Crippen LogP contribution in [0.3, 0.4) is 0 Å². The highest BCUT2D eigenvalue weighted by molar-refractivity contribution is 5.86. The van der Waals surface area contributed by atoms with Crippen LogP contribution in [0.5, 0.6) is 0 Å². The van der Waals surface area contributed by atoms with E-state index in [0.29, 0.717) is 12.2 Å². The van der Waals surface area contributed by atoms with Crippen molar-refractivity contribution in [3.63, 3.8) is 0 Å². The molecule has 1 aromatic rings. The van der Waals surface area contributed by atoms with E-state index in [0.717, 1.165) is 19.5 Å². The minimum Gasteiger partial charge on any atom is -0.462 e. The van der Waals surface area contributed by atoms with Crippen molar-refractivity contribution in [3.8, 4) is 0 Å². The summed E-state index contributed by atoms with van der Waals surface area (Å²) in [5.74, 6) is -0.298. The molecule has 0 saturated carbocycles. The molecule has 0 amide bonds. The van der Waals surface area contributed by atoms with Gasteiger partial charge in [0.15, 0.2) is 0 Å². The highest BCUT2D eigenvalue weighted by Gasteiger charge is 2.05. The van der Waals surface area contributed by atoms with E-state index < -0.39 is 0 Å². The van der Waals surface area contributed by atoms with Gasteiger partial charge in [0.2, 0.25) is 6.33 Å². The Morgan fingerprint density at radius 2 is 1.62 bits per heavy atom. The van der Waals surface area contributed by atoms with Crippen molar-refractivity contribution in [2.24, 2.45) is 0 Å². The maximum Gasteiger partial charge on any atom is 0.333 e. The number of aromatic nitrogens is 2. The average Bonchev–Trinajstić information content (AvgIpc) is 3.07. The number of nitrogens with zero attached hydrogens (tertiary/aromatic N) is 2. The molecular formula is C22H39N2O2+. The van der Waals surface area contributed by atoms with Crippen molar-refractivity contribution >= 4 is 5.97 Å². The zero-order valence-electron chi connectivity index (χ0n) is 17.0. The summed E-state index contributed by atoms with van der Waals surface area (Å²) in [6.45, 7) is 9.93. The first kappa shape index (κ1) is 22.5. The summed E-state index contributed by atoms with van der Waals surface area (Å²) < 4.78 is 9.52. The Labute approximate surface area is 160 Å². The first-order valence-corrected chi connectivity index (χ1v) is 10.5. The second kappa shape index (κ2) is 14.6. The van der Waals surface area contributed by atoms with Gasteiger partial charge >= 0.3 is 5.97 Å². The Bertz CT molecular complexity index is 508.